The summed E-state index contributed by atoms with van der Waals surface area (Å²) in [6.07, 6.45) is 1.78. The molecule has 0 amide bonds. The Morgan fingerprint density at radius 3 is 2.94 bits per heavy atom. The molecule has 17 heavy (non-hydrogen) atoms. The Balaban J connectivity index is 2.00. The molecule has 0 aromatic carbocycles. The van der Waals surface area contributed by atoms with Gasteiger partial charge >= 0.3 is 5.97 Å². The van der Waals surface area contributed by atoms with Crippen LogP contribution in [-0.2, 0) is 11.3 Å². The van der Waals surface area contributed by atoms with Crippen molar-refractivity contribution in [3.05, 3.63) is 20.8 Å². The fraction of sp³-hybridized carbons (Fsp3) is 0.583. The summed E-state index contributed by atoms with van der Waals surface area (Å²) in [4.78, 5) is 14.6. The number of hydrogen-bond donors (Lipinski definition) is 1. The minimum Gasteiger partial charge on any atom is -0.481 e. The molecule has 1 aliphatic heterocycles. The van der Waals surface area contributed by atoms with Crippen LogP contribution in [0.1, 0.15) is 24.6 Å². The van der Waals surface area contributed by atoms with E-state index in [4.69, 9.17) is 5.11 Å². The van der Waals surface area contributed by atoms with Crippen molar-refractivity contribution in [2.45, 2.75) is 32.4 Å². The molecular formula is C12H16BrNO2S. The van der Waals surface area contributed by atoms with Crippen molar-refractivity contribution in [3.8, 4) is 0 Å². The largest absolute Gasteiger partial charge is 0.481 e. The summed E-state index contributed by atoms with van der Waals surface area (Å²) in [5.74, 6) is -0.858. The highest BCUT2D eigenvalue weighted by Gasteiger charge is 2.29. The second kappa shape index (κ2) is 5.50. The normalized spacial score (nSPS) is 26.0. The molecule has 0 aliphatic carbocycles. The number of carboxylic acid groups (broad SMARTS) is 1. The number of carbonyl (C=O) groups is 1. The molecule has 2 unspecified atom stereocenters. The van der Waals surface area contributed by atoms with Gasteiger partial charge in [0, 0.05) is 24.0 Å². The van der Waals surface area contributed by atoms with Crippen molar-refractivity contribution in [2.75, 3.05) is 6.54 Å². The van der Waals surface area contributed by atoms with Gasteiger partial charge in [0.2, 0.25) is 0 Å². The van der Waals surface area contributed by atoms with E-state index in [1.54, 1.807) is 11.3 Å². The molecule has 2 heterocycles. The fourth-order valence-electron chi connectivity index (χ4n) is 2.24. The van der Waals surface area contributed by atoms with Crippen molar-refractivity contribution in [1.82, 2.24) is 4.90 Å². The van der Waals surface area contributed by atoms with Crippen LogP contribution in [0, 0.1) is 5.92 Å². The van der Waals surface area contributed by atoms with Crippen LogP contribution in [0.15, 0.2) is 15.9 Å². The monoisotopic (exact) mass is 317 g/mol. The first-order valence-corrected chi connectivity index (χ1v) is 7.38. The van der Waals surface area contributed by atoms with E-state index in [0.29, 0.717) is 12.6 Å². The quantitative estimate of drug-likeness (QED) is 0.930. The molecule has 2 rings (SSSR count). The van der Waals surface area contributed by atoms with Crippen LogP contribution < -0.4 is 0 Å². The van der Waals surface area contributed by atoms with E-state index >= 15 is 0 Å². The number of halogens is 1. The van der Waals surface area contributed by atoms with Gasteiger partial charge in [-0.3, -0.25) is 9.69 Å². The van der Waals surface area contributed by atoms with Gasteiger partial charge < -0.3 is 5.11 Å². The lowest BCUT2D eigenvalue weighted by Gasteiger charge is -2.36. The van der Waals surface area contributed by atoms with E-state index in [1.807, 2.05) is 6.07 Å². The van der Waals surface area contributed by atoms with E-state index in [0.717, 1.165) is 23.2 Å². The molecule has 94 valence electrons. The maximum atomic E-state index is 11.0. The Hall–Kier alpha value is -0.390. The van der Waals surface area contributed by atoms with E-state index in [-0.39, 0.29) is 5.92 Å². The lowest BCUT2D eigenvalue weighted by atomic mass is 9.93. The smallest absolute Gasteiger partial charge is 0.307 e. The van der Waals surface area contributed by atoms with Crippen molar-refractivity contribution < 1.29 is 9.90 Å². The highest BCUT2D eigenvalue weighted by Crippen LogP contribution is 2.28. The third-order valence-corrected chi connectivity index (χ3v) is 4.96. The first kappa shape index (κ1) is 13.1. The Bertz CT molecular complexity index is 407. The van der Waals surface area contributed by atoms with Gasteiger partial charge in [0.15, 0.2) is 0 Å². The Kier molecular flexibility index (Phi) is 4.22. The minimum absolute atomic E-state index is 0.199. The van der Waals surface area contributed by atoms with E-state index in [9.17, 15) is 4.79 Å². The number of hydrogen-bond acceptors (Lipinski definition) is 3. The summed E-state index contributed by atoms with van der Waals surface area (Å²) in [5, 5.41) is 9.08. The van der Waals surface area contributed by atoms with E-state index in [1.165, 1.54) is 4.88 Å². The van der Waals surface area contributed by atoms with E-state index < -0.39 is 5.97 Å². The van der Waals surface area contributed by atoms with Crippen molar-refractivity contribution in [1.29, 1.82) is 0 Å². The van der Waals surface area contributed by atoms with Crippen molar-refractivity contribution in [2.24, 2.45) is 5.92 Å². The van der Waals surface area contributed by atoms with E-state index in [2.05, 4.69) is 33.8 Å². The molecule has 1 N–H and O–H groups in total. The van der Waals surface area contributed by atoms with Crippen LogP contribution >= 0.6 is 27.3 Å². The third-order valence-electron chi connectivity index (χ3n) is 3.35. The molecule has 1 aromatic rings. The molecule has 1 aliphatic rings. The molecule has 0 radical (unpaired) electrons. The molecule has 0 spiro atoms. The zero-order chi connectivity index (χ0) is 12.4. The van der Waals surface area contributed by atoms with Gasteiger partial charge in [0.05, 0.1) is 9.70 Å². The topological polar surface area (TPSA) is 40.5 Å². The Morgan fingerprint density at radius 2 is 2.35 bits per heavy atom. The first-order chi connectivity index (χ1) is 8.06. The molecule has 5 heteroatoms. The number of nitrogens with zero attached hydrogens (tertiary/aromatic N) is 1. The Labute approximate surface area is 114 Å². The average molecular weight is 318 g/mol. The number of thiophene rings is 1. The zero-order valence-corrected chi connectivity index (χ0v) is 12.1. The SMILES string of the molecule is CC1CCC(C(=O)O)CN1Cc1ccc(Br)s1. The summed E-state index contributed by atoms with van der Waals surface area (Å²) >= 11 is 5.17. The lowest BCUT2D eigenvalue weighted by molar-refractivity contribution is -0.144. The van der Waals surface area contributed by atoms with Crippen molar-refractivity contribution in [3.63, 3.8) is 0 Å². The Morgan fingerprint density at radius 1 is 1.59 bits per heavy atom. The standard InChI is InChI=1S/C12H16BrNO2S/c1-8-2-3-9(12(15)16)6-14(8)7-10-4-5-11(13)17-10/h4-5,8-9H,2-3,6-7H2,1H3,(H,15,16). The zero-order valence-electron chi connectivity index (χ0n) is 9.73. The van der Waals surface area contributed by atoms with Gasteiger partial charge in [-0.2, -0.15) is 0 Å². The lowest BCUT2D eigenvalue weighted by Crippen LogP contribution is -2.43. The van der Waals surface area contributed by atoms with Gasteiger partial charge in [-0.25, -0.2) is 0 Å². The van der Waals surface area contributed by atoms with Gasteiger partial charge in [0.25, 0.3) is 0 Å². The fourth-order valence-corrected chi connectivity index (χ4v) is 3.75. The van der Waals surface area contributed by atoms with Gasteiger partial charge in [0.1, 0.15) is 0 Å². The molecule has 0 bridgehead atoms. The maximum Gasteiger partial charge on any atom is 0.307 e. The average Bonchev–Trinajstić information content (AvgIpc) is 2.67. The van der Waals surface area contributed by atoms with Crippen molar-refractivity contribution >= 4 is 33.2 Å². The van der Waals surface area contributed by atoms with Gasteiger partial charge in [-0.15, -0.1) is 11.3 Å². The molecule has 1 aromatic heterocycles. The summed E-state index contributed by atoms with van der Waals surface area (Å²) in [6.45, 7) is 3.72. The summed E-state index contributed by atoms with van der Waals surface area (Å²) in [6, 6.07) is 4.63. The number of piperidine rings is 1. The molecule has 1 saturated heterocycles. The van der Waals surface area contributed by atoms with Gasteiger partial charge in [-0.1, -0.05) is 0 Å². The third kappa shape index (κ3) is 3.30. The number of carboxylic acids is 1. The van der Waals surface area contributed by atoms with Crippen LogP contribution in [0.25, 0.3) is 0 Å². The molecule has 0 saturated carbocycles. The second-order valence-corrected chi connectivity index (χ2v) is 7.14. The molecule has 3 nitrogen and oxygen atoms in total. The molecular weight excluding hydrogens is 302 g/mol. The summed E-state index contributed by atoms with van der Waals surface area (Å²) in [5.41, 5.74) is 0. The first-order valence-electron chi connectivity index (χ1n) is 5.77. The number of likely N-dealkylation sites (tertiary alicyclic amines) is 1. The number of aliphatic carboxylic acids is 1. The maximum absolute atomic E-state index is 11.0. The minimum atomic E-state index is -0.658. The predicted molar refractivity (Wildman–Crippen MR) is 72.3 cm³/mol. The highest BCUT2D eigenvalue weighted by molar-refractivity contribution is 9.11. The van der Waals surface area contributed by atoms with Crippen LogP contribution in [-0.4, -0.2) is 28.6 Å². The number of rotatable bonds is 3. The summed E-state index contributed by atoms with van der Waals surface area (Å²) < 4.78 is 1.13. The van der Waals surface area contributed by atoms with Gasteiger partial charge in [-0.05, 0) is 47.8 Å². The van der Waals surface area contributed by atoms with Crippen LogP contribution in [0.3, 0.4) is 0 Å². The predicted octanol–water partition coefficient (Wildman–Crippen LogP) is 3.20. The van der Waals surface area contributed by atoms with Crippen LogP contribution in [0.2, 0.25) is 0 Å². The second-order valence-electron chi connectivity index (χ2n) is 4.60. The highest BCUT2D eigenvalue weighted by atomic mass is 79.9. The molecule has 2 atom stereocenters. The summed E-state index contributed by atoms with van der Waals surface area (Å²) in [7, 11) is 0. The van der Waals surface area contributed by atoms with Crippen LogP contribution in [0.4, 0.5) is 0 Å². The van der Waals surface area contributed by atoms with Crippen LogP contribution in [0.5, 0.6) is 0 Å². The molecule has 1 fully saturated rings.